The van der Waals surface area contributed by atoms with Crippen LogP contribution >= 0.6 is 0 Å². The Morgan fingerprint density at radius 3 is 2.37 bits per heavy atom. The van der Waals surface area contributed by atoms with Crippen molar-refractivity contribution in [1.82, 2.24) is 0 Å². The molecule has 1 saturated heterocycles. The van der Waals surface area contributed by atoms with Gasteiger partial charge >= 0.3 is 0 Å². The minimum Gasteiger partial charge on any atom is -0.506 e. The first-order chi connectivity index (χ1) is 18.4. The van der Waals surface area contributed by atoms with Crippen LogP contribution in [0, 0.1) is 0 Å². The van der Waals surface area contributed by atoms with Gasteiger partial charge in [0.25, 0.3) is 11.7 Å². The normalized spacial score (nSPS) is 17.6. The van der Waals surface area contributed by atoms with Gasteiger partial charge in [0.2, 0.25) is 6.79 Å². The number of benzene rings is 3. The van der Waals surface area contributed by atoms with E-state index in [2.05, 4.69) is 0 Å². The molecule has 3 aromatic rings. The predicted molar refractivity (Wildman–Crippen MR) is 136 cm³/mol. The fourth-order valence-electron chi connectivity index (χ4n) is 4.64. The highest BCUT2D eigenvalue weighted by atomic mass is 16.7. The Balaban J connectivity index is 1.77. The molecule has 1 fully saturated rings. The Labute approximate surface area is 218 Å². The minimum absolute atomic E-state index is 0.0321. The average molecular weight is 520 g/mol. The number of aliphatic hydroxyl groups excluding tert-OH is 1. The van der Waals surface area contributed by atoms with Crippen LogP contribution in [-0.4, -0.2) is 49.5 Å². The fraction of sp³-hybridized carbons (Fsp3) is 0.214. The number of phenolic OH excluding ortho intramolecular Hbond substituents is 1. The zero-order chi connectivity index (χ0) is 27.0. The molecule has 10 heteroatoms. The first-order valence-corrected chi connectivity index (χ1v) is 11.8. The number of methoxy groups -OCH3 is 2. The molecule has 38 heavy (non-hydrogen) atoms. The minimum atomic E-state index is -1.09. The second-order valence-corrected chi connectivity index (χ2v) is 8.40. The van der Waals surface area contributed by atoms with Gasteiger partial charge in [-0.15, -0.1) is 0 Å². The first-order valence-electron chi connectivity index (χ1n) is 11.8. The molecule has 1 unspecified atom stereocenters. The summed E-state index contributed by atoms with van der Waals surface area (Å²) in [4.78, 5) is 28.4. The van der Waals surface area contributed by atoms with Crippen molar-refractivity contribution in [3.8, 4) is 34.5 Å². The zero-order valence-electron chi connectivity index (χ0n) is 20.9. The van der Waals surface area contributed by atoms with Gasteiger partial charge in [-0.25, -0.2) is 0 Å². The van der Waals surface area contributed by atoms with E-state index in [1.807, 2.05) is 0 Å². The summed E-state index contributed by atoms with van der Waals surface area (Å²) in [5, 5.41) is 21.9. The second kappa shape index (κ2) is 9.89. The van der Waals surface area contributed by atoms with Crippen LogP contribution in [0.1, 0.15) is 24.1 Å². The lowest BCUT2D eigenvalue weighted by Gasteiger charge is -2.26. The summed E-state index contributed by atoms with van der Waals surface area (Å²) in [6.07, 6.45) is 0. The molecule has 0 aliphatic carbocycles. The Kier molecular flexibility index (Phi) is 6.46. The lowest BCUT2D eigenvalue weighted by atomic mass is 9.94. The van der Waals surface area contributed by atoms with E-state index in [1.165, 1.54) is 31.3 Å². The molecule has 3 aromatic carbocycles. The van der Waals surface area contributed by atoms with E-state index in [0.717, 1.165) is 0 Å². The standard InChI is InChI=1S/C28H25NO9/c1-4-36-21-12-15(8-10-17(21)30)25-24(26(31)23-19(34-2)6-5-7-20(23)35-3)27(32)28(33)29(25)16-9-11-18-22(13-16)38-14-37-18/h5-13,25,30-31H,4,14H2,1-3H3/b26-24+. The van der Waals surface area contributed by atoms with Gasteiger partial charge in [-0.3, -0.25) is 14.5 Å². The summed E-state index contributed by atoms with van der Waals surface area (Å²) in [7, 11) is 2.84. The van der Waals surface area contributed by atoms with Crippen LogP contribution in [0.5, 0.6) is 34.5 Å². The highest BCUT2D eigenvalue weighted by molar-refractivity contribution is 6.51. The number of ether oxygens (including phenoxy) is 5. The van der Waals surface area contributed by atoms with Crippen LogP contribution < -0.4 is 28.6 Å². The van der Waals surface area contributed by atoms with E-state index < -0.39 is 23.5 Å². The van der Waals surface area contributed by atoms with Crippen molar-refractivity contribution in [2.24, 2.45) is 0 Å². The summed E-state index contributed by atoms with van der Waals surface area (Å²) < 4.78 is 27.3. The summed E-state index contributed by atoms with van der Waals surface area (Å²) >= 11 is 0. The number of hydrogen-bond acceptors (Lipinski definition) is 9. The number of aliphatic hydroxyl groups is 1. The highest BCUT2D eigenvalue weighted by Gasteiger charge is 2.48. The van der Waals surface area contributed by atoms with E-state index in [4.69, 9.17) is 23.7 Å². The van der Waals surface area contributed by atoms with Gasteiger partial charge in [0, 0.05) is 11.8 Å². The van der Waals surface area contributed by atoms with E-state index in [-0.39, 0.29) is 47.5 Å². The number of fused-ring (bicyclic) bond motifs is 1. The van der Waals surface area contributed by atoms with Crippen LogP contribution in [0.4, 0.5) is 5.69 Å². The molecule has 0 radical (unpaired) electrons. The quantitative estimate of drug-likeness (QED) is 0.269. The molecule has 0 aromatic heterocycles. The number of nitrogens with zero attached hydrogens (tertiary/aromatic N) is 1. The van der Waals surface area contributed by atoms with Crippen molar-refractivity contribution in [2.75, 3.05) is 32.5 Å². The smallest absolute Gasteiger partial charge is 0.300 e. The lowest BCUT2D eigenvalue weighted by Crippen LogP contribution is -2.29. The molecule has 2 aliphatic heterocycles. The van der Waals surface area contributed by atoms with Gasteiger partial charge in [-0.2, -0.15) is 0 Å². The molecule has 5 rings (SSSR count). The molecule has 1 amide bonds. The average Bonchev–Trinajstić information content (AvgIpc) is 3.50. The third-order valence-electron chi connectivity index (χ3n) is 6.34. The molecule has 2 N–H and O–H groups in total. The summed E-state index contributed by atoms with van der Waals surface area (Å²) in [6.45, 7) is 2.07. The van der Waals surface area contributed by atoms with E-state index in [1.54, 1.807) is 49.4 Å². The van der Waals surface area contributed by atoms with Crippen molar-refractivity contribution >= 4 is 23.1 Å². The third-order valence-corrected chi connectivity index (χ3v) is 6.34. The lowest BCUT2D eigenvalue weighted by molar-refractivity contribution is -0.132. The first kappa shape index (κ1) is 24.8. The Morgan fingerprint density at radius 1 is 0.974 bits per heavy atom. The van der Waals surface area contributed by atoms with Gasteiger partial charge in [-0.1, -0.05) is 12.1 Å². The van der Waals surface area contributed by atoms with Gasteiger partial charge in [0.15, 0.2) is 23.0 Å². The topological polar surface area (TPSA) is 124 Å². The molecule has 2 heterocycles. The van der Waals surface area contributed by atoms with Crippen LogP contribution in [0.15, 0.2) is 60.2 Å². The van der Waals surface area contributed by atoms with Crippen molar-refractivity contribution in [1.29, 1.82) is 0 Å². The number of hydrogen-bond donors (Lipinski definition) is 2. The second-order valence-electron chi connectivity index (χ2n) is 8.40. The van der Waals surface area contributed by atoms with Crippen LogP contribution in [0.3, 0.4) is 0 Å². The molecule has 10 nitrogen and oxygen atoms in total. The van der Waals surface area contributed by atoms with Gasteiger partial charge < -0.3 is 33.9 Å². The summed E-state index contributed by atoms with van der Waals surface area (Å²) in [6, 6.07) is 13.1. The van der Waals surface area contributed by atoms with Crippen LogP contribution in [0.25, 0.3) is 5.76 Å². The highest BCUT2D eigenvalue weighted by Crippen LogP contribution is 2.47. The number of Topliss-reactive ketones (excluding diaryl/α,β-unsaturated/α-hetero) is 1. The maximum atomic E-state index is 13.6. The molecule has 2 aliphatic rings. The third kappa shape index (κ3) is 4.00. The molecule has 0 spiro atoms. The SMILES string of the molecule is CCOc1cc(C2/C(=C(\O)c3c(OC)cccc3OC)C(=O)C(=O)N2c2ccc3c(c2)OCO3)ccc1O. The van der Waals surface area contributed by atoms with Crippen molar-refractivity contribution in [3.63, 3.8) is 0 Å². The number of rotatable bonds is 7. The van der Waals surface area contributed by atoms with Gasteiger partial charge in [-0.05, 0) is 48.9 Å². The molecular formula is C28H25NO9. The number of carbonyl (C=O) groups excluding carboxylic acids is 2. The monoisotopic (exact) mass is 519 g/mol. The Bertz CT molecular complexity index is 1440. The number of phenols is 1. The molecule has 0 saturated carbocycles. The number of anilines is 1. The van der Waals surface area contributed by atoms with Gasteiger partial charge in [0.1, 0.15) is 22.8 Å². The maximum Gasteiger partial charge on any atom is 0.300 e. The number of ketones is 1. The van der Waals surface area contributed by atoms with Crippen molar-refractivity contribution in [3.05, 3.63) is 71.3 Å². The van der Waals surface area contributed by atoms with Crippen molar-refractivity contribution in [2.45, 2.75) is 13.0 Å². The van der Waals surface area contributed by atoms with Crippen LogP contribution in [-0.2, 0) is 9.59 Å². The van der Waals surface area contributed by atoms with Gasteiger partial charge in [0.05, 0.1) is 32.4 Å². The maximum absolute atomic E-state index is 13.6. The zero-order valence-corrected chi connectivity index (χ0v) is 20.9. The van der Waals surface area contributed by atoms with Crippen molar-refractivity contribution < 1.29 is 43.5 Å². The number of carbonyl (C=O) groups is 2. The van der Waals surface area contributed by atoms with E-state index in [9.17, 15) is 19.8 Å². The van der Waals surface area contributed by atoms with Crippen LogP contribution in [0.2, 0.25) is 0 Å². The predicted octanol–water partition coefficient (Wildman–Crippen LogP) is 4.16. The Hall–Kier alpha value is -4.86. The molecule has 1 atom stereocenters. The number of aromatic hydroxyl groups is 1. The fourth-order valence-corrected chi connectivity index (χ4v) is 4.64. The summed E-state index contributed by atoms with van der Waals surface area (Å²) in [5.41, 5.74) is 0.690. The summed E-state index contributed by atoms with van der Waals surface area (Å²) in [5.74, 6) is -0.792. The van der Waals surface area contributed by atoms with E-state index in [0.29, 0.717) is 22.7 Å². The molecule has 0 bridgehead atoms. The molecular weight excluding hydrogens is 494 g/mol. The van der Waals surface area contributed by atoms with E-state index >= 15 is 0 Å². The molecule has 196 valence electrons. The number of amides is 1. The Morgan fingerprint density at radius 2 is 1.68 bits per heavy atom. The largest absolute Gasteiger partial charge is 0.506 e.